The van der Waals surface area contributed by atoms with Crippen LogP contribution in [0.3, 0.4) is 0 Å². The lowest BCUT2D eigenvalue weighted by molar-refractivity contribution is -0.384. The molecule has 2 rings (SSSR count). The van der Waals surface area contributed by atoms with E-state index in [0.29, 0.717) is 0 Å². The first-order chi connectivity index (χ1) is 8.66. The molecular formula is C13H19N3O2. The number of likely N-dealkylation sites (tertiary alicyclic amines) is 1. The van der Waals surface area contributed by atoms with Crippen LogP contribution >= 0.6 is 0 Å². The molecule has 0 atom stereocenters. The van der Waals surface area contributed by atoms with Crippen molar-refractivity contribution in [3.8, 4) is 0 Å². The Labute approximate surface area is 107 Å². The zero-order chi connectivity index (χ0) is 13.0. The lowest BCUT2D eigenvalue weighted by atomic mass is 10.2. The molecule has 1 N–H and O–H groups in total. The predicted octanol–water partition coefficient (Wildman–Crippen LogP) is 2.41. The quantitative estimate of drug-likeness (QED) is 0.643. The summed E-state index contributed by atoms with van der Waals surface area (Å²) in [6.45, 7) is 6.15. The van der Waals surface area contributed by atoms with Crippen LogP contribution in [0, 0.1) is 17.0 Å². The molecule has 1 heterocycles. The normalized spacial score (nSPS) is 15.8. The van der Waals surface area contributed by atoms with E-state index in [-0.39, 0.29) is 10.6 Å². The maximum atomic E-state index is 10.7. The number of anilines is 1. The Morgan fingerprint density at radius 3 is 2.78 bits per heavy atom. The molecule has 1 saturated heterocycles. The Morgan fingerprint density at radius 2 is 2.11 bits per heavy atom. The van der Waals surface area contributed by atoms with Crippen LogP contribution < -0.4 is 5.32 Å². The SMILES string of the molecule is Cc1ccc([N+](=O)[O-])cc1NCCN1CCCC1. The molecule has 0 aromatic heterocycles. The molecule has 0 saturated carbocycles. The Morgan fingerprint density at radius 1 is 1.39 bits per heavy atom. The molecule has 1 fully saturated rings. The summed E-state index contributed by atoms with van der Waals surface area (Å²) < 4.78 is 0. The van der Waals surface area contributed by atoms with Gasteiger partial charge in [0, 0.05) is 30.9 Å². The second-order valence-corrected chi connectivity index (χ2v) is 4.73. The van der Waals surface area contributed by atoms with E-state index in [1.54, 1.807) is 18.2 Å². The average Bonchev–Trinajstić information content (AvgIpc) is 2.84. The number of nitro groups is 1. The Balaban J connectivity index is 1.91. The van der Waals surface area contributed by atoms with Gasteiger partial charge in [0.05, 0.1) is 4.92 Å². The van der Waals surface area contributed by atoms with Crippen molar-refractivity contribution in [1.29, 1.82) is 0 Å². The Kier molecular flexibility index (Phi) is 4.15. The van der Waals surface area contributed by atoms with Crippen LogP contribution in [-0.4, -0.2) is 36.0 Å². The standard InChI is InChI=1S/C13H19N3O2/c1-11-4-5-12(16(17)18)10-13(11)14-6-9-15-7-2-3-8-15/h4-5,10,14H,2-3,6-9H2,1H3. The summed E-state index contributed by atoms with van der Waals surface area (Å²) in [6.07, 6.45) is 2.58. The van der Waals surface area contributed by atoms with Gasteiger partial charge in [0.25, 0.3) is 5.69 Å². The molecule has 98 valence electrons. The van der Waals surface area contributed by atoms with Crippen LogP contribution in [0.5, 0.6) is 0 Å². The molecule has 1 aliphatic rings. The molecule has 0 unspecified atom stereocenters. The molecular weight excluding hydrogens is 230 g/mol. The fraction of sp³-hybridized carbons (Fsp3) is 0.538. The van der Waals surface area contributed by atoms with Crippen molar-refractivity contribution >= 4 is 11.4 Å². The highest BCUT2D eigenvalue weighted by Gasteiger charge is 2.11. The van der Waals surface area contributed by atoms with E-state index >= 15 is 0 Å². The lowest BCUT2D eigenvalue weighted by Crippen LogP contribution is -2.26. The summed E-state index contributed by atoms with van der Waals surface area (Å²) >= 11 is 0. The number of nitrogens with one attached hydrogen (secondary N) is 1. The van der Waals surface area contributed by atoms with E-state index in [1.165, 1.54) is 25.9 Å². The van der Waals surface area contributed by atoms with E-state index in [0.717, 1.165) is 24.3 Å². The smallest absolute Gasteiger partial charge is 0.271 e. The van der Waals surface area contributed by atoms with Crippen molar-refractivity contribution in [3.05, 3.63) is 33.9 Å². The van der Waals surface area contributed by atoms with E-state index in [2.05, 4.69) is 10.2 Å². The van der Waals surface area contributed by atoms with Gasteiger partial charge in [-0.05, 0) is 38.4 Å². The maximum absolute atomic E-state index is 10.7. The first kappa shape index (κ1) is 12.8. The highest BCUT2D eigenvalue weighted by molar-refractivity contribution is 5.56. The Hall–Kier alpha value is -1.62. The van der Waals surface area contributed by atoms with Crippen LogP contribution in [0.1, 0.15) is 18.4 Å². The third-order valence-electron chi connectivity index (χ3n) is 3.37. The summed E-state index contributed by atoms with van der Waals surface area (Å²) in [5.74, 6) is 0. The van der Waals surface area contributed by atoms with Gasteiger partial charge < -0.3 is 10.2 Å². The highest BCUT2D eigenvalue weighted by Crippen LogP contribution is 2.21. The third-order valence-corrected chi connectivity index (χ3v) is 3.37. The first-order valence-corrected chi connectivity index (χ1v) is 6.38. The number of benzene rings is 1. The highest BCUT2D eigenvalue weighted by atomic mass is 16.6. The molecule has 1 aromatic rings. The summed E-state index contributed by atoms with van der Waals surface area (Å²) in [7, 11) is 0. The van der Waals surface area contributed by atoms with Crippen molar-refractivity contribution < 1.29 is 4.92 Å². The van der Waals surface area contributed by atoms with Crippen LogP contribution in [0.15, 0.2) is 18.2 Å². The van der Waals surface area contributed by atoms with Gasteiger partial charge in [0.2, 0.25) is 0 Å². The number of rotatable bonds is 5. The zero-order valence-electron chi connectivity index (χ0n) is 10.7. The van der Waals surface area contributed by atoms with Gasteiger partial charge in [-0.1, -0.05) is 6.07 Å². The number of nitro benzene ring substituents is 1. The molecule has 18 heavy (non-hydrogen) atoms. The third kappa shape index (κ3) is 3.20. The molecule has 5 nitrogen and oxygen atoms in total. The molecule has 0 amide bonds. The van der Waals surface area contributed by atoms with Crippen molar-refractivity contribution in [3.63, 3.8) is 0 Å². The molecule has 0 radical (unpaired) electrons. The minimum atomic E-state index is -0.356. The van der Waals surface area contributed by atoms with Crippen molar-refractivity contribution in [1.82, 2.24) is 4.90 Å². The van der Waals surface area contributed by atoms with Gasteiger partial charge in [0.15, 0.2) is 0 Å². The topological polar surface area (TPSA) is 58.4 Å². The maximum Gasteiger partial charge on any atom is 0.271 e. The minimum Gasteiger partial charge on any atom is -0.383 e. The molecule has 0 bridgehead atoms. The van der Waals surface area contributed by atoms with E-state index in [4.69, 9.17) is 0 Å². The van der Waals surface area contributed by atoms with Crippen molar-refractivity contribution in [2.24, 2.45) is 0 Å². The second-order valence-electron chi connectivity index (χ2n) is 4.73. The zero-order valence-corrected chi connectivity index (χ0v) is 10.7. The van der Waals surface area contributed by atoms with E-state index < -0.39 is 0 Å². The summed E-state index contributed by atoms with van der Waals surface area (Å²) in [5, 5.41) is 14.0. The average molecular weight is 249 g/mol. The van der Waals surface area contributed by atoms with Crippen LogP contribution in [-0.2, 0) is 0 Å². The van der Waals surface area contributed by atoms with Crippen molar-refractivity contribution in [2.45, 2.75) is 19.8 Å². The van der Waals surface area contributed by atoms with Gasteiger partial charge in [-0.2, -0.15) is 0 Å². The van der Waals surface area contributed by atoms with E-state index in [9.17, 15) is 10.1 Å². The Bertz CT molecular complexity index is 428. The van der Waals surface area contributed by atoms with Crippen LogP contribution in [0.4, 0.5) is 11.4 Å². The number of hydrogen-bond acceptors (Lipinski definition) is 4. The van der Waals surface area contributed by atoms with Gasteiger partial charge in [-0.3, -0.25) is 10.1 Å². The predicted molar refractivity (Wildman–Crippen MR) is 72.0 cm³/mol. The first-order valence-electron chi connectivity index (χ1n) is 6.38. The monoisotopic (exact) mass is 249 g/mol. The van der Waals surface area contributed by atoms with Gasteiger partial charge in [0.1, 0.15) is 0 Å². The largest absolute Gasteiger partial charge is 0.383 e. The van der Waals surface area contributed by atoms with Crippen LogP contribution in [0.25, 0.3) is 0 Å². The molecule has 0 aliphatic carbocycles. The van der Waals surface area contributed by atoms with Crippen molar-refractivity contribution in [2.75, 3.05) is 31.5 Å². The van der Waals surface area contributed by atoms with Gasteiger partial charge >= 0.3 is 0 Å². The summed E-state index contributed by atoms with van der Waals surface area (Å²) in [4.78, 5) is 12.8. The molecule has 1 aromatic carbocycles. The summed E-state index contributed by atoms with van der Waals surface area (Å²) in [5.41, 5.74) is 2.05. The molecule has 1 aliphatic heterocycles. The number of nitrogens with zero attached hydrogens (tertiary/aromatic N) is 2. The molecule has 0 spiro atoms. The number of hydrogen-bond donors (Lipinski definition) is 1. The van der Waals surface area contributed by atoms with Gasteiger partial charge in [-0.25, -0.2) is 0 Å². The lowest BCUT2D eigenvalue weighted by Gasteiger charge is -2.16. The van der Waals surface area contributed by atoms with E-state index in [1.807, 2.05) is 6.92 Å². The second kappa shape index (κ2) is 5.82. The minimum absolute atomic E-state index is 0.143. The van der Waals surface area contributed by atoms with Crippen LogP contribution in [0.2, 0.25) is 0 Å². The fourth-order valence-corrected chi connectivity index (χ4v) is 2.27. The molecule has 5 heteroatoms. The van der Waals surface area contributed by atoms with Gasteiger partial charge in [-0.15, -0.1) is 0 Å². The fourth-order valence-electron chi connectivity index (χ4n) is 2.27. The number of aryl methyl sites for hydroxylation is 1. The summed E-state index contributed by atoms with van der Waals surface area (Å²) in [6, 6.07) is 4.94. The number of non-ortho nitro benzene ring substituents is 1.